The molecule has 0 atom stereocenters. The van der Waals surface area contributed by atoms with Crippen molar-refractivity contribution in [1.82, 2.24) is 15.2 Å². The molecule has 1 aromatic heterocycles. The van der Waals surface area contributed by atoms with E-state index in [1.54, 1.807) is 41.3 Å². The van der Waals surface area contributed by atoms with Crippen LogP contribution in [0.1, 0.15) is 75.3 Å². The minimum absolute atomic E-state index is 0.0188. The Morgan fingerprint density at radius 3 is 2.15 bits per heavy atom. The summed E-state index contributed by atoms with van der Waals surface area (Å²) >= 11 is 0. The second-order valence-corrected chi connectivity index (χ2v) is 10.6. The van der Waals surface area contributed by atoms with Gasteiger partial charge in [-0.2, -0.15) is 5.26 Å². The van der Waals surface area contributed by atoms with Crippen molar-refractivity contribution in [1.29, 1.82) is 5.26 Å². The third kappa shape index (κ3) is 6.95. The molecule has 0 radical (unpaired) electrons. The van der Waals surface area contributed by atoms with E-state index < -0.39 is 0 Å². The third-order valence-corrected chi connectivity index (χ3v) is 7.82. The van der Waals surface area contributed by atoms with Gasteiger partial charge >= 0.3 is 0 Å². The Kier molecular flexibility index (Phi) is 8.68. The monoisotopic (exact) mass is 554 g/mol. The normalized spacial score (nSPS) is 19.2. The van der Waals surface area contributed by atoms with Crippen LogP contribution in [0.5, 0.6) is 5.75 Å². The Labute approximate surface area is 238 Å². The molecule has 1 N–H and O–H groups in total. The molecular weight excluding hydrogens is 523 g/mol. The molecule has 3 aromatic rings. The second-order valence-electron chi connectivity index (χ2n) is 10.6. The Bertz CT molecular complexity index is 1420. The number of carbonyl (C=O) groups excluding carboxylic acids is 3. The Hall–Kier alpha value is -4.58. The highest BCUT2D eigenvalue weighted by atomic mass is 19.1. The number of amides is 2. The van der Waals surface area contributed by atoms with E-state index in [9.17, 15) is 18.8 Å². The summed E-state index contributed by atoms with van der Waals surface area (Å²) in [5.74, 6) is -0.335. The Morgan fingerprint density at radius 1 is 0.878 bits per heavy atom. The summed E-state index contributed by atoms with van der Waals surface area (Å²) in [4.78, 5) is 44.5. The van der Waals surface area contributed by atoms with Gasteiger partial charge in [0.1, 0.15) is 17.3 Å². The molecule has 0 bridgehead atoms. The first-order valence-electron chi connectivity index (χ1n) is 13.9. The Morgan fingerprint density at radius 2 is 1.54 bits per heavy atom. The van der Waals surface area contributed by atoms with Crippen LogP contribution in [0.3, 0.4) is 0 Å². The van der Waals surface area contributed by atoms with E-state index >= 15 is 0 Å². The number of ether oxygens (including phenoxy) is 1. The van der Waals surface area contributed by atoms with Crippen molar-refractivity contribution >= 4 is 17.6 Å². The van der Waals surface area contributed by atoms with Crippen molar-refractivity contribution in [3.63, 3.8) is 0 Å². The molecule has 1 saturated carbocycles. The number of aromatic nitrogens is 1. The number of piperidine rings is 1. The number of nitrogens with zero attached hydrogens (tertiary/aromatic N) is 3. The molecule has 2 aromatic carbocycles. The van der Waals surface area contributed by atoms with E-state index in [-0.39, 0.29) is 47.2 Å². The van der Waals surface area contributed by atoms with Gasteiger partial charge in [-0.25, -0.2) is 4.39 Å². The van der Waals surface area contributed by atoms with E-state index in [1.807, 2.05) is 0 Å². The van der Waals surface area contributed by atoms with Gasteiger partial charge < -0.3 is 15.0 Å². The maximum atomic E-state index is 13.2. The van der Waals surface area contributed by atoms with Gasteiger partial charge in [0, 0.05) is 36.8 Å². The number of hydrogen-bond donors (Lipinski definition) is 1. The SMILES string of the molecule is N#Cc1ccc(O[C@H]2CC[C@H](NC(=O)c3ccc(C(=O)N4CCC(C(=O)c5ccc(F)cc5)CC4)cn3)CC2)cc1. The molecule has 1 aliphatic carbocycles. The number of carbonyl (C=O) groups is 3. The molecule has 0 spiro atoms. The van der Waals surface area contributed by atoms with Crippen molar-refractivity contribution in [2.75, 3.05) is 13.1 Å². The van der Waals surface area contributed by atoms with E-state index in [0.717, 1.165) is 31.4 Å². The van der Waals surface area contributed by atoms with Gasteiger partial charge in [-0.15, -0.1) is 0 Å². The highest BCUT2D eigenvalue weighted by Crippen LogP contribution is 2.25. The molecule has 41 heavy (non-hydrogen) atoms. The molecule has 1 aliphatic heterocycles. The number of rotatable bonds is 7. The summed E-state index contributed by atoms with van der Waals surface area (Å²) in [5, 5.41) is 12.0. The molecule has 2 heterocycles. The standard InChI is InChI=1S/C32H31FN4O4/c33-25-6-3-22(4-7-25)30(38)23-15-17-37(18-16-23)32(40)24-5-14-29(35-20-24)31(39)36-26-8-12-28(13-9-26)41-27-10-1-21(19-34)2-11-27/h1-7,10-11,14,20,23,26,28H,8-9,12-13,15-18H2,(H,36,39)/t26-,28-. The second kappa shape index (κ2) is 12.7. The van der Waals surface area contributed by atoms with Crippen molar-refractivity contribution < 1.29 is 23.5 Å². The van der Waals surface area contributed by atoms with Gasteiger partial charge in [0.2, 0.25) is 0 Å². The number of pyridine rings is 1. The molecule has 8 nitrogen and oxygen atoms in total. The van der Waals surface area contributed by atoms with Crippen molar-refractivity contribution in [2.45, 2.75) is 50.7 Å². The largest absolute Gasteiger partial charge is 0.490 e. The van der Waals surface area contributed by atoms with Gasteiger partial charge in [-0.05, 0) is 99.2 Å². The van der Waals surface area contributed by atoms with Crippen molar-refractivity contribution in [3.8, 4) is 11.8 Å². The maximum Gasteiger partial charge on any atom is 0.270 e. The zero-order chi connectivity index (χ0) is 28.8. The van der Waals surface area contributed by atoms with Crippen molar-refractivity contribution in [3.05, 3.63) is 95.1 Å². The quantitative estimate of drug-likeness (QED) is 0.414. The van der Waals surface area contributed by atoms with Crippen LogP contribution in [0.15, 0.2) is 66.9 Å². The lowest BCUT2D eigenvalue weighted by atomic mass is 9.88. The predicted octanol–water partition coefficient (Wildman–Crippen LogP) is 4.95. The minimum atomic E-state index is -0.381. The fraction of sp³-hybridized carbons (Fsp3) is 0.344. The molecule has 210 valence electrons. The molecular formula is C32H31FN4O4. The van der Waals surface area contributed by atoms with E-state index in [1.165, 1.54) is 30.5 Å². The number of ketones is 1. The fourth-order valence-corrected chi connectivity index (χ4v) is 5.42. The smallest absolute Gasteiger partial charge is 0.270 e. The van der Waals surface area contributed by atoms with Crippen molar-refractivity contribution in [2.24, 2.45) is 5.92 Å². The van der Waals surface area contributed by atoms with Gasteiger partial charge in [-0.1, -0.05) is 0 Å². The summed E-state index contributed by atoms with van der Waals surface area (Å²) in [6, 6.07) is 17.9. The van der Waals surface area contributed by atoms with E-state index in [2.05, 4.69) is 16.4 Å². The zero-order valence-corrected chi connectivity index (χ0v) is 22.6. The summed E-state index contributed by atoms with van der Waals surface area (Å²) in [7, 11) is 0. The zero-order valence-electron chi connectivity index (χ0n) is 22.6. The number of nitriles is 1. The number of nitrogens with one attached hydrogen (secondary N) is 1. The molecule has 5 rings (SSSR count). The number of benzene rings is 2. The van der Waals surface area contributed by atoms with Crippen LogP contribution >= 0.6 is 0 Å². The van der Waals surface area contributed by atoms with Gasteiger partial charge in [0.25, 0.3) is 11.8 Å². The maximum absolute atomic E-state index is 13.2. The van der Waals surface area contributed by atoms with Gasteiger partial charge in [0.05, 0.1) is 23.3 Å². The predicted molar refractivity (Wildman–Crippen MR) is 149 cm³/mol. The molecule has 2 fully saturated rings. The fourth-order valence-electron chi connectivity index (χ4n) is 5.42. The highest BCUT2D eigenvalue weighted by Gasteiger charge is 2.29. The first-order valence-corrected chi connectivity index (χ1v) is 13.9. The van der Waals surface area contributed by atoms with Crippen LogP contribution in [0.2, 0.25) is 0 Å². The third-order valence-electron chi connectivity index (χ3n) is 7.82. The topological polar surface area (TPSA) is 112 Å². The lowest BCUT2D eigenvalue weighted by molar-refractivity contribution is 0.0649. The Balaban J connectivity index is 1.07. The average Bonchev–Trinajstić information content (AvgIpc) is 3.02. The molecule has 9 heteroatoms. The van der Waals surface area contributed by atoms with Crippen LogP contribution in [0.25, 0.3) is 0 Å². The first-order chi connectivity index (χ1) is 19.9. The van der Waals surface area contributed by atoms with Crippen LogP contribution in [-0.4, -0.2) is 52.7 Å². The first kappa shape index (κ1) is 28.0. The molecule has 2 amide bonds. The molecule has 1 saturated heterocycles. The molecule has 2 aliphatic rings. The van der Waals surface area contributed by atoms with Crippen LogP contribution in [0, 0.1) is 23.1 Å². The number of halogens is 1. The lowest BCUT2D eigenvalue weighted by Crippen LogP contribution is -2.40. The highest BCUT2D eigenvalue weighted by molar-refractivity contribution is 5.99. The summed E-state index contributed by atoms with van der Waals surface area (Å²) in [5.41, 5.74) is 1.72. The van der Waals surface area contributed by atoms with E-state index in [0.29, 0.717) is 42.6 Å². The molecule has 0 unspecified atom stereocenters. The average molecular weight is 555 g/mol. The van der Waals surface area contributed by atoms with Gasteiger partial charge in [0.15, 0.2) is 5.78 Å². The van der Waals surface area contributed by atoms with E-state index in [4.69, 9.17) is 10.00 Å². The van der Waals surface area contributed by atoms with Gasteiger partial charge in [-0.3, -0.25) is 19.4 Å². The summed E-state index contributed by atoms with van der Waals surface area (Å²) in [6.07, 6.45) is 5.73. The van der Waals surface area contributed by atoms with Crippen LogP contribution in [0.4, 0.5) is 4.39 Å². The lowest BCUT2D eigenvalue weighted by Gasteiger charge is -2.31. The summed E-state index contributed by atoms with van der Waals surface area (Å²) in [6.45, 7) is 0.881. The minimum Gasteiger partial charge on any atom is -0.490 e. The van der Waals surface area contributed by atoms with Crippen LogP contribution in [-0.2, 0) is 0 Å². The number of hydrogen-bond acceptors (Lipinski definition) is 6. The summed E-state index contributed by atoms with van der Waals surface area (Å²) < 4.78 is 19.2. The van der Waals surface area contributed by atoms with Crippen LogP contribution < -0.4 is 10.1 Å². The number of likely N-dealkylation sites (tertiary alicyclic amines) is 1. The number of Topliss-reactive ketones (excluding diaryl/α,β-unsaturated/α-hetero) is 1.